The zero-order valence-corrected chi connectivity index (χ0v) is 13.1. The summed E-state index contributed by atoms with van der Waals surface area (Å²) in [6.45, 7) is 13.0. The highest BCUT2D eigenvalue weighted by atomic mass is 16.5. The smallest absolute Gasteiger partial charge is 0.123 e. The molecule has 0 aliphatic rings. The largest absolute Gasteiger partial charge is 0.490 e. The summed E-state index contributed by atoms with van der Waals surface area (Å²) in [5.74, 6) is 1.57. The Morgan fingerprint density at radius 1 is 1.21 bits per heavy atom. The van der Waals surface area contributed by atoms with Crippen LogP contribution in [0.4, 0.5) is 0 Å². The van der Waals surface area contributed by atoms with Gasteiger partial charge in [-0.3, -0.25) is 0 Å². The molecule has 0 aromatic heterocycles. The lowest BCUT2D eigenvalue weighted by atomic mass is 10.0. The highest BCUT2D eigenvalue weighted by Gasteiger charge is 2.11. The summed E-state index contributed by atoms with van der Waals surface area (Å²) in [5.41, 5.74) is 2.57. The predicted octanol–water partition coefficient (Wildman–Crippen LogP) is 4.28. The maximum atomic E-state index is 6.14. The molecule has 1 aromatic rings. The van der Waals surface area contributed by atoms with Gasteiger partial charge >= 0.3 is 0 Å². The van der Waals surface area contributed by atoms with Crippen molar-refractivity contribution in [2.24, 2.45) is 0 Å². The summed E-state index contributed by atoms with van der Waals surface area (Å²) < 4.78 is 6.14. The molecule has 0 fully saturated rings. The molecule has 19 heavy (non-hydrogen) atoms. The molecule has 2 heteroatoms. The fourth-order valence-corrected chi connectivity index (χ4v) is 2.19. The van der Waals surface area contributed by atoms with E-state index in [0.29, 0.717) is 5.92 Å². The molecule has 108 valence electrons. The van der Waals surface area contributed by atoms with Gasteiger partial charge in [-0.05, 0) is 62.9 Å². The molecule has 1 aromatic carbocycles. The Bertz CT molecular complexity index is 374. The third-order valence-electron chi connectivity index (χ3n) is 3.33. The number of ether oxygens (including phenoxy) is 1. The van der Waals surface area contributed by atoms with Crippen molar-refractivity contribution in [3.63, 3.8) is 0 Å². The molecule has 1 unspecified atom stereocenters. The molecule has 0 bridgehead atoms. The second kappa shape index (κ2) is 8.21. The zero-order chi connectivity index (χ0) is 14.3. The maximum absolute atomic E-state index is 6.14. The first-order valence-corrected chi connectivity index (χ1v) is 7.52. The molecular formula is C17H29NO. The Morgan fingerprint density at radius 2 is 1.95 bits per heavy atom. The van der Waals surface area contributed by atoms with E-state index in [1.54, 1.807) is 0 Å². The fourth-order valence-electron chi connectivity index (χ4n) is 2.19. The van der Waals surface area contributed by atoms with E-state index in [1.165, 1.54) is 11.1 Å². The minimum atomic E-state index is 0.276. The van der Waals surface area contributed by atoms with Crippen LogP contribution >= 0.6 is 0 Å². The van der Waals surface area contributed by atoms with E-state index >= 15 is 0 Å². The van der Waals surface area contributed by atoms with Crippen LogP contribution in [0.1, 0.15) is 57.6 Å². The SMILES string of the molecule is CCNCCCC(C)Oc1cc(C)ccc1C(C)C. The van der Waals surface area contributed by atoms with Crippen LogP contribution in [-0.4, -0.2) is 19.2 Å². The molecule has 0 spiro atoms. The lowest BCUT2D eigenvalue weighted by molar-refractivity contribution is 0.205. The van der Waals surface area contributed by atoms with Crippen LogP contribution in [0.25, 0.3) is 0 Å². The van der Waals surface area contributed by atoms with Crippen molar-refractivity contribution in [1.82, 2.24) is 5.32 Å². The Morgan fingerprint density at radius 3 is 2.58 bits per heavy atom. The zero-order valence-electron chi connectivity index (χ0n) is 13.1. The van der Waals surface area contributed by atoms with Crippen LogP contribution in [0, 0.1) is 6.92 Å². The molecule has 0 saturated heterocycles. The van der Waals surface area contributed by atoms with Gasteiger partial charge in [-0.2, -0.15) is 0 Å². The summed E-state index contributed by atoms with van der Waals surface area (Å²) in [6, 6.07) is 6.52. The summed E-state index contributed by atoms with van der Waals surface area (Å²) >= 11 is 0. The molecule has 0 aliphatic heterocycles. The normalized spacial score (nSPS) is 12.7. The lowest BCUT2D eigenvalue weighted by Gasteiger charge is -2.19. The molecule has 0 radical (unpaired) electrons. The average Bonchev–Trinajstić information content (AvgIpc) is 2.34. The fraction of sp³-hybridized carbons (Fsp3) is 0.647. The van der Waals surface area contributed by atoms with Gasteiger partial charge in [-0.1, -0.05) is 32.9 Å². The van der Waals surface area contributed by atoms with Crippen molar-refractivity contribution in [2.45, 2.75) is 59.5 Å². The predicted molar refractivity (Wildman–Crippen MR) is 83.1 cm³/mol. The van der Waals surface area contributed by atoms with Crippen molar-refractivity contribution in [1.29, 1.82) is 0 Å². The van der Waals surface area contributed by atoms with E-state index in [1.807, 2.05) is 0 Å². The highest BCUT2D eigenvalue weighted by Crippen LogP contribution is 2.28. The highest BCUT2D eigenvalue weighted by molar-refractivity contribution is 5.39. The monoisotopic (exact) mass is 263 g/mol. The summed E-state index contributed by atoms with van der Waals surface area (Å²) in [4.78, 5) is 0. The van der Waals surface area contributed by atoms with E-state index in [9.17, 15) is 0 Å². The summed E-state index contributed by atoms with van der Waals surface area (Å²) in [6.07, 6.45) is 2.54. The Balaban J connectivity index is 2.57. The van der Waals surface area contributed by atoms with Crippen LogP contribution in [-0.2, 0) is 0 Å². The molecule has 1 rings (SSSR count). The van der Waals surface area contributed by atoms with Crippen molar-refractivity contribution in [3.05, 3.63) is 29.3 Å². The Kier molecular flexibility index (Phi) is 6.93. The Hall–Kier alpha value is -1.02. The minimum absolute atomic E-state index is 0.276. The average molecular weight is 263 g/mol. The van der Waals surface area contributed by atoms with Gasteiger partial charge in [0.15, 0.2) is 0 Å². The molecule has 0 heterocycles. The van der Waals surface area contributed by atoms with Gasteiger partial charge in [0.25, 0.3) is 0 Å². The van der Waals surface area contributed by atoms with Gasteiger partial charge in [0.1, 0.15) is 5.75 Å². The Labute approximate surface area is 118 Å². The van der Waals surface area contributed by atoms with Crippen molar-refractivity contribution < 1.29 is 4.74 Å². The van der Waals surface area contributed by atoms with E-state index in [4.69, 9.17) is 4.74 Å². The first-order chi connectivity index (χ1) is 9.04. The second-order valence-electron chi connectivity index (χ2n) is 5.62. The van der Waals surface area contributed by atoms with E-state index in [0.717, 1.165) is 31.7 Å². The molecule has 1 atom stereocenters. The first-order valence-electron chi connectivity index (χ1n) is 7.52. The standard InChI is InChI=1S/C17H29NO/c1-6-18-11-7-8-15(5)19-17-12-14(4)9-10-16(17)13(2)3/h9-10,12-13,15,18H,6-8,11H2,1-5H3. The van der Waals surface area contributed by atoms with Gasteiger partial charge < -0.3 is 10.1 Å². The van der Waals surface area contributed by atoms with Crippen LogP contribution in [0.2, 0.25) is 0 Å². The topological polar surface area (TPSA) is 21.3 Å². The molecule has 0 aliphatic carbocycles. The van der Waals surface area contributed by atoms with Crippen LogP contribution in [0.15, 0.2) is 18.2 Å². The van der Waals surface area contributed by atoms with Crippen LogP contribution in [0.5, 0.6) is 5.75 Å². The van der Waals surface area contributed by atoms with Crippen LogP contribution < -0.4 is 10.1 Å². The van der Waals surface area contributed by atoms with Gasteiger partial charge in [0.05, 0.1) is 6.10 Å². The summed E-state index contributed by atoms with van der Waals surface area (Å²) in [7, 11) is 0. The van der Waals surface area contributed by atoms with Gasteiger partial charge in [0, 0.05) is 0 Å². The minimum Gasteiger partial charge on any atom is -0.490 e. The number of aryl methyl sites for hydroxylation is 1. The van der Waals surface area contributed by atoms with E-state index in [-0.39, 0.29) is 6.10 Å². The van der Waals surface area contributed by atoms with Crippen molar-refractivity contribution in [2.75, 3.05) is 13.1 Å². The van der Waals surface area contributed by atoms with Gasteiger partial charge in [-0.15, -0.1) is 0 Å². The summed E-state index contributed by atoms with van der Waals surface area (Å²) in [5, 5.41) is 3.35. The third-order valence-corrected chi connectivity index (χ3v) is 3.33. The molecule has 2 nitrogen and oxygen atoms in total. The first kappa shape index (κ1) is 16.0. The lowest BCUT2D eigenvalue weighted by Crippen LogP contribution is -2.18. The second-order valence-corrected chi connectivity index (χ2v) is 5.62. The molecule has 0 amide bonds. The molecule has 0 saturated carbocycles. The molecule has 1 N–H and O–H groups in total. The van der Waals surface area contributed by atoms with Crippen molar-refractivity contribution in [3.8, 4) is 5.75 Å². The van der Waals surface area contributed by atoms with E-state index in [2.05, 4.69) is 58.1 Å². The van der Waals surface area contributed by atoms with Gasteiger partial charge in [0.2, 0.25) is 0 Å². The van der Waals surface area contributed by atoms with Crippen molar-refractivity contribution >= 4 is 0 Å². The number of hydrogen-bond acceptors (Lipinski definition) is 2. The number of rotatable bonds is 8. The number of nitrogens with one attached hydrogen (secondary N) is 1. The number of benzene rings is 1. The number of hydrogen-bond donors (Lipinski definition) is 1. The molecular weight excluding hydrogens is 234 g/mol. The maximum Gasteiger partial charge on any atom is 0.123 e. The van der Waals surface area contributed by atoms with Crippen LogP contribution in [0.3, 0.4) is 0 Å². The quantitative estimate of drug-likeness (QED) is 0.707. The third kappa shape index (κ3) is 5.65. The van der Waals surface area contributed by atoms with E-state index < -0.39 is 0 Å². The van der Waals surface area contributed by atoms with Gasteiger partial charge in [-0.25, -0.2) is 0 Å².